The number of halogens is 3. The Labute approximate surface area is 138 Å². The number of methoxy groups -OCH3 is 1. The van der Waals surface area contributed by atoms with Crippen LogP contribution >= 0.6 is 0 Å². The molecular formula is C17H20F3NO3. The molecule has 7 heteroatoms. The van der Waals surface area contributed by atoms with E-state index in [-0.39, 0.29) is 38.1 Å². The number of benzene rings is 1. The van der Waals surface area contributed by atoms with Crippen LogP contribution in [-0.4, -0.2) is 31.5 Å². The third-order valence-corrected chi connectivity index (χ3v) is 4.33. The van der Waals surface area contributed by atoms with Crippen molar-refractivity contribution in [3.8, 4) is 0 Å². The lowest BCUT2D eigenvalue weighted by atomic mass is 9.86. The number of amides is 1. The molecule has 1 atom stereocenters. The summed E-state index contributed by atoms with van der Waals surface area (Å²) in [4.78, 5) is 24.0. The van der Waals surface area contributed by atoms with Crippen LogP contribution in [0.2, 0.25) is 0 Å². The van der Waals surface area contributed by atoms with E-state index < -0.39 is 29.5 Å². The van der Waals surface area contributed by atoms with Crippen LogP contribution in [0.5, 0.6) is 0 Å². The van der Waals surface area contributed by atoms with Gasteiger partial charge in [-0.3, -0.25) is 9.59 Å². The molecule has 1 fully saturated rings. The van der Waals surface area contributed by atoms with E-state index in [1.807, 2.05) is 0 Å². The fourth-order valence-electron chi connectivity index (χ4n) is 2.82. The maximum atomic E-state index is 13.1. The zero-order chi connectivity index (χ0) is 17.7. The monoisotopic (exact) mass is 343 g/mol. The van der Waals surface area contributed by atoms with Crippen LogP contribution in [0.15, 0.2) is 24.3 Å². The van der Waals surface area contributed by atoms with E-state index in [2.05, 4.69) is 5.32 Å². The molecular weight excluding hydrogens is 323 g/mol. The summed E-state index contributed by atoms with van der Waals surface area (Å²) >= 11 is 0. The van der Waals surface area contributed by atoms with Crippen LogP contribution in [0.3, 0.4) is 0 Å². The summed E-state index contributed by atoms with van der Waals surface area (Å²) in [6.45, 7) is -0.0238. The Bertz CT molecular complexity index is 579. The highest BCUT2D eigenvalue weighted by molar-refractivity contribution is 5.82. The molecule has 0 unspecified atom stereocenters. The second-order valence-electron chi connectivity index (χ2n) is 6.00. The van der Waals surface area contributed by atoms with E-state index in [1.165, 1.54) is 31.4 Å². The number of hydrogen-bond acceptors (Lipinski definition) is 3. The highest BCUT2D eigenvalue weighted by Gasteiger charge is 2.37. The van der Waals surface area contributed by atoms with E-state index in [9.17, 15) is 22.8 Å². The van der Waals surface area contributed by atoms with Gasteiger partial charge in [-0.25, -0.2) is 13.2 Å². The van der Waals surface area contributed by atoms with E-state index in [1.54, 1.807) is 0 Å². The number of carbonyl (C=O) groups excluding carboxylic acids is 2. The van der Waals surface area contributed by atoms with Gasteiger partial charge in [0.25, 0.3) is 0 Å². The molecule has 4 nitrogen and oxygen atoms in total. The third kappa shape index (κ3) is 4.72. The standard InChI is InChI=1S/C17H20F3NO3/c1-24-16(23)14(11-2-4-13(18)5-3-11)10-21-15(22)12-6-8-17(19,20)9-7-12/h2-5,12,14H,6-10H2,1H3,(H,21,22)/t14-/m0/s1. The molecule has 0 bridgehead atoms. The molecule has 0 spiro atoms. The number of esters is 1. The second kappa shape index (κ2) is 7.68. The minimum Gasteiger partial charge on any atom is -0.468 e. The number of hydrogen-bond donors (Lipinski definition) is 1. The van der Waals surface area contributed by atoms with Crippen molar-refractivity contribution in [3.63, 3.8) is 0 Å². The quantitative estimate of drug-likeness (QED) is 0.836. The minimum absolute atomic E-state index is 0.0238. The molecule has 1 aromatic carbocycles. The average Bonchev–Trinajstić information content (AvgIpc) is 2.56. The Kier molecular flexibility index (Phi) is 5.85. The Morgan fingerprint density at radius 2 is 1.83 bits per heavy atom. The normalized spacial score (nSPS) is 18.7. The topological polar surface area (TPSA) is 55.4 Å². The van der Waals surface area contributed by atoms with Gasteiger partial charge >= 0.3 is 5.97 Å². The highest BCUT2D eigenvalue weighted by atomic mass is 19.3. The fourth-order valence-corrected chi connectivity index (χ4v) is 2.82. The predicted octanol–water partition coefficient (Wildman–Crippen LogP) is 3.02. The molecule has 1 aliphatic rings. The molecule has 1 N–H and O–H groups in total. The van der Waals surface area contributed by atoms with Crippen LogP contribution in [0, 0.1) is 11.7 Å². The van der Waals surface area contributed by atoms with E-state index in [0.717, 1.165) is 0 Å². The smallest absolute Gasteiger partial charge is 0.314 e. The minimum atomic E-state index is -2.69. The number of alkyl halides is 2. The van der Waals surface area contributed by atoms with Gasteiger partial charge < -0.3 is 10.1 Å². The van der Waals surface area contributed by atoms with Gasteiger partial charge in [0.05, 0.1) is 13.0 Å². The summed E-state index contributed by atoms with van der Waals surface area (Å²) in [6, 6.07) is 5.33. The molecule has 0 saturated heterocycles. The molecule has 24 heavy (non-hydrogen) atoms. The molecule has 1 amide bonds. The first-order valence-electron chi connectivity index (χ1n) is 7.81. The molecule has 0 aromatic heterocycles. The predicted molar refractivity (Wildman–Crippen MR) is 81.1 cm³/mol. The van der Waals surface area contributed by atoms with Gasteiger partial charge in [-0.2, -0.15) is 0 Å². The van der Waals surface area contributed by atoms with Gasteiger partial charge in [-0.1, -0.05) is 12.1 Å². The second-order valence-corrected chi connectivity index (χ2v) is 6.00. The molecule has 0 heterocycles. The molecule has 1 saturated carbocycles. The maximum Gasteiger partial charge on any atom is 0.314 e. The largest absolute Gasteiger partial charge is 0.468 e. The Balaban J connectivity index is 1.96. The van der Waals surface area contributed by atoms with E-state index >= 15 is 0 Å². The fraction of sp³-hybridized carbons (Fsp3) is 0.529. The van der Waals surface area contributed by atoms with Crippen molar-refractivity contribution in [3.05, 3.63) is 35.6 Å². The summed E-state index contributed by atoms with van der Waals surface area (Å²) in [5.41, 5.74) is 0.513. The van der Waals surface area contributed by atoms with Gasteiger partial charge in [-0.05, 0) is 30.5 Å². The van der Waals surface area contributed by atoms with Crippen LogP contribution in [0.25, 0.3) is 0 Å². The first-order chi connectivity index (χ1) is 11.3. The number of rotatable bonds is 5. The molecule has 1 aliphatic carbocycles. The molecule has 0 aliphatic heterocycles. The Hall–Kier alpha value is -2.05. The maximum absolute atomic E-state index is 13.1. The van der Waals surface area contributed by atoms with E-state index in [0.29, 0.717) is 5.56 Å². The van der Waals surface area contributed by atoms with Crippen molar-refractivity contribution in [1.29, 1.82) is 0 Å². The van der Waals surface area contributed by atoms with Crippen molar-refractivity contribution in [2.45, 2.75) is 37.5 Å². The molecule has 132 valence electrons. The number of carbonyl (C=O) groups is 2. The lowest BCUT2D eigenvalue weighted by Gasteiger charge is -2.27. The zero-order valence-corrected chi connectivity index (χ0v) is 13.4. The van der Waals surface area contributed by atoms with Crippen LogP contribution < -0.4 is 5.32 Å². The van der Waals surface area contributed by atoms with Crippen molar-refractivity contribution in [2.75, 3.05) is 13.7 Å². The summed E-state index contributed by atoms with van der Waals surface area (Å²) < 4.78 is 44.0. The van der Waals surface area contributed by atoms with Gasteiger partial charge in [-0.15, -0.1) is 0 Å². The third-order valence-electron chi connectivity index (χ3n) is 4.33. The summed E-state index contributed by atoms with van der Waals surface area (Å²) in [5.74, 6) is -5.28. The van der Waals surface area contributed by atoms with E-state index in [4.69, 9.17) is 4.74 Å². The zero-order valence-electron chi connectivity index (χ0n) is 13.4. The van der Waals surface area contributed by atoms with Gasteiger partial charge in [0.2, 0.25) is 11.8 Å². The average molecular weight is 343 g/mol. The van der Waals surface area contributed by atoms with Crippen molar-refractivity contribution >= 4 is 11.9 Å². The van der Waals surface area contributed by atoms with Gasteiger partial charge in [0.1, 0.15) is 5.82 Å². The van der Waals surface area contributed by atoms with Crippen molar-refractivity contribution in [2.24, 2.45) is 5.92 Å². The Morgan fingerprint density at radius 3 is 2.38 bits per heavy atom. The Morgan fingerprint density at radius 1 is 1.25 bits per heavy atom. The first kappa shape index (κ1) is 18.3. The molecule has 2 rings (SSSR count). The summed E-state index contributed by atoms with van der Waals surface area (Å²) in [7, 11) is 1.23. The van der Waals surface area contributed by atoms with Crippen LogP contribution in [0.1, 0.15) is 37.2 Å². The molecule has 0 radical (unpaired) electrons. The SMILES string of the molecule is COC(=O)[C@@H](CNC(=O)C1CCC(F)(F)CC1)c1ccc(F)cc1. The van der Waals surface area contributed by atoms with Gasteiger partial charge in [0, 0.05) is 25.3 Å². The lowest BCUT2D eigenvalue weighted by molar-refractivity contribution is -0.142. The van der Waals surface area contributed by atoms with Crippen molar-refractivity contribution in [1.82, 2.24) is 5.32 Å². The number of nitrogens with one attached hydrogen (secondary N) is 1. The van der Waals surface area contributed by atoms with Crippen LogP contribution in [0.4, 0.5) is 13.2 Å². The summed E-state index contributed by atoms with van der Waals surface area (Å²) in [5, 5.41) is 2.63. The number of ether oxygens (including phenoxy) is 1. The highest BCUT2D eigenvalue weighted by Crippen LogP contribution is 2.36. The van der Waals surface area contributed by atoms with Gasteiger partial charge in [0.15, 0.2) is 0 Å². The molecule has 1 aromatic rings. The summed E-state index contributed by atoms with van der Waals surface area (Å²) in [6.07, 6.45) is -0.358. The van der Waals surface area contributed by atoms with Crippen LogP contribution in [-0.2, 0) is 14.3 Å². The lowest BCUT2D eigenvalue weighted by Crippen LogP contribution is -2.39. The van der Waals surface area contributed by atoms with Crippen molar-refractivity contribution < 1.29 is 27.5 Å². The first-order valence-corrected chi connectivity index (χ1v) is 7.81.